The fourth-order valence-corrected chi connectivity index (χ4v) is 1.24. The highest BCUT2D eigenvalue weighted by molar-refractivity contribution is 5.84. The molecule has 0 aliphatic carbocycles. The van der Waals surface area contributed by atoms with Crippen LogP contribution in [-0.2, 0) is 9.59 Å². The van der Waals surface area contributed by atoms with Crippen LogP contribution in [-0.4, -0.2) is 36.7 Å². The Morgan fingerprint density at radius 3 is 2.67 bits per heavy atom. The summed E-state index contributed by atoms with van der Waals surface area (Å²) in [5.74, 6) is -0.491. The van der Waals surface area contributed by atoms with Crippen molar-refractivity contribution in [2.24, 2.45) is 0 Å². The number of aliphatic carboxylic acids is 1. The molecule has 6 nitrogen and oxygen atoms in total. The Kier molecular flexibility index (Phi) is 4.98. The number of nitrogens with one attached hydrogen (secondary N) is 1. The van der Waals surface area contributed by atoms with Gasteiger partial charge in [0.25, 0.3) is 5.91 Å². The molecule has 0 heterocycles. The molecule has 0 bridgehead atoms. The lowest BCUT2D eigenvalue weighted by Crippen LogP contribution is -2.39. The monoisotopic (exact) mass is 253 g/mol. The zero-order chi connectivity index (χ0) is 13.5. The Hall–Kier alpha value is -2.24. The first-order chi connectivity index (χ1) is 8.52. The van der Waals surface area contributed by atoms with Gasteiger partial charge in [0, 0.05) is 6.07 Å². The summed E-state index contributed by atoms with van der Waals surface area (Å²) >= 11 is 0. The molecule has 1 unspecified atom stereocenters. The van der Waals surface area contributed by atoms with Gasteiger partial charge in [-0.05, 0) is 19.1 Å². The summed E-state index contributed by atoms with van der Waals surface area (Å²) in [7, 11) is 1.53. The van der Waals surface area contributed by atoms with Gasteiger partial charge in [-0.1, -0.05) is 6.07 Å². The van der Waals surface area contributed by atoms with E-state index < -0.39 is 24.5 Å². The predicted molar refractivity (Wildman–Crippen MR) is 63.7 cm³/mol. The molecule has 0 aliphatic heterocycles. The molecule has 0 saturated carbocycles. The molecule has 2 N–H and O–H groups in total. The minimum atomic E-state index is -1.10. The number of carboxylic acids is 1. The predicted octanol–water partition coefficient (Wildman–Crippen LogP) is 0.663. The summed E-state index contributed by atoms with van der Waals surface area (Å²) in [5, 5.41) is 10.7. The van der Waals surface area contributed by atoms with Gasteiger partial charge in [0.05, 0.1) is 7.11 Å². The van der Waals surface area contributed by atoms with Gasteiger partial charge in [0.2, 0.25) is 0 Å². The topological polar surface area (TPSA) is 84.9 Å². The van der Waals surface area contributed by atoms with Crippen molar-refractivity contribution in [2.45, 2.75) is 13.0 Å². The fourth-order valence-electron chi connectivity index (χ4n) is 1.24. The first-order valence-electron chi connectivity index (χ1n) is 5.33. The Morgan fingerprint density at radius 2 is 2.06 bits per heavy atom. The number of hydrogen-bond acceptors (Lipinski definition) is 4. The van der Waals surface area contributed by atoms with E-state index in [0.29, 0.717) is 11.5 Å². The first-order valence-corrected chi connectivity index (χ1v) is 5.33. The van der Waals surface area contributed by atoms with Crippen LogP contribution in [0.4, 0.5) is 0 Å². The van der Waals surface area contributed by atoms with E-state index in [1.165, 1.54) is 14.0 Å². The smallest absolute Gasteiger partial charge is 0.322 e. The lowest BCUT2D eigenvalue weighted by atomic mass is 10.3. The van der Waals surface area contributed by atoms with Crippen LogP contribution in [0.3, 0.4) is 0 Å². The average molecular weight is 253 g/mol. The third-order valence-electron chi connectivity index (χ3n) is 2.14. The molecule has 0 fully saturated rings. The maximum Gasteiger partial charge on any atom is 0.322 e. The van der Waals surface area contributed by atoms with Gasteiger partial charge in [-0.25, -0.2) is 0 Å². The van der Waals surface area contributed by atoms with Crippen LogP contribution in [0.1, 0.15) is 6.92 Å². The largest absolute Gasteiger partial charge is 0.497 e. The first kappa shape index (κ1) is 13.8. The average Bonchev–Trinajstić information content (AvgIpc) is 2.36. The number of benzene rings is 1. The molecule has 1 aromatic carbocycles. The summed E-state index contributed by atoms with van der Waals surface area (Å²) in [6.45, 7) is 1.11. The lowest BCUT2D eigenvalue weighted by Gasteiger charge is -2.14. The summed E-state index contributed by atoms with van der Waals surface area (Å²) in [4.78, 5) is 21.8. The number of rotatable bonds is 6. The summed E-state index contributed by atoms with van der Waals surface area (Å²) in [5.41, 5.74) is 0. The maximum absolute atomic E-state index is 11.5. The molecule has 18 heavy (non-hydrogen) atoms. The Labute approximate surface area is 105 Å². The SMILES string of the molecule is COc1cccc(OC(C)C(=O)NCC(=O)O)c1. The van der Waals surface area contributed by atoms with Crippen molar-refractivity contribution >= 4 is 11.9 Å². The molecular formula is C12H15NO5. The van der Waals surface area contributed by atoms with Crippen molar-refractivity contribution < 1.29 is 24.2 Å². The standard InChI is InChI=1S/C12H15NO5/c1-8(12(16)13-7-11(14)15)18-10-5-3-4-9(6-10)17-2/h3-6,8H,7H2,1-2H3,(H,13,16)(H,14,15). The van der Waals surface area contributed by atoms with Gasteiger partial charge >= 0.3 is 5.97 Å². The Balaban J connectivity index is 2.54. The van der Waals surface area contributed by atoms with Crippen molar-refractivity contribution in [3.63, 3.8) is 0 Å². The number of ether oxygens (including phenoxy) is 2. The molecule has 6 heteroatoms. The van der Waals surface area contributed by atoms with Crippen LogP contribution >= 0.6 is 0 Å². The molecular weight excluding hydrogens is 238 g/mol. The van der Waals surface area contributed by atoms with Crippen LogP contribution in [0, 0.1) is 0 Å². The molecule has 1 atom stereocenters. The van der Waals surface area contributed by atoms with Gasteiger partial charge in [0.1, 0.15) is 18.0 Å². The van der Waals surface area contributed by atoms with Gasteiger partial charge in [-0.2, -0.15) is 0 Å². The van der Waals surface area contributed by atoms with Gasteiger partial charge in [-0.3, -0.25) is 9.59 Å². The van der Waals surface area contributed by atoms with E-state index in [2.05, 4.69) is 5.32 Å². The van der Waals surface area contributed by atoms with Crippen LogP contribution in [0.25, 0.3) is 0 Å². The minimum absolute atomic E-state index is 0.426. The molecule has 1 amide bonds. The molecule has 1 rings (SSSR count). The molecule has 0 saturated heterocycles. The van der Waals surface area contributed by atoms with E-state index >= 15 is 0 Å². The molecule has 0 radical (unpaired) electrons. The van der Waals surface area contributed by atoms with E-state index in [0.717, 1.165) is 0 Å². The van der Waals surface area contributed by atoms with Gasteiger partial charge in [0.15, 0.2) is 6.10 Å². The van der Waals surface area contributed by atoms with E-state index in [4.69, 9.17) is 14.6 Å². The number of hydrogen-bond donors (Lipinski definition) is 2. The van der Waals surface area contributed by atoms with Crippen molar-refractivity contribution in [1.29, 1.82) is 0 Å². The van der Waals surface area contributed by atoms with E-state index in [1.54, 1.807) is 24.3 Å². The third kappa shape index (κ3) is 4.32. The van der Waals surface area contributed by atoms with Crippen molar-refractivity contribution in [3.8, 4) is 11.5 Å². The highest BCUT2D eigenvalue weighted by Crippen LogP contribution is 2.19. The molecule has 0 aromatic heterocycles. The van der Waals surface area contributed by atoms with E-state index in [9.17, 15) is 9.59 Å². The Morgan fingerprint density at radius 1 is 1.39 bits per heavy atom. The normalized spacial score (nSPS) is 11.4. The lowest BCUT2D eigenvalue weighted by molar-refractivity contribution is -0.139. The Bertz CT molecular complexity index is 432. The van der Waals surface area contributed by atoms with Gasteiger partial charge in [-0.15, -0.1) is 0 Å². The van der Waals surface area contributed by atoms with Crippen molar-refractivity contribution in [2.75, 3.05) is 13.7 Å². The molecule has 0 spiro atoms. The highest BCUT2D eigenvalue weighted by atomic mass is 16.5. The van der Waals surface area contributed by atoms with Crippen molar-refractivity contribution in [1.82, 2.24) is 5.32 Å². The quantitative estimate of drug-likeness (QED) is 0.778. The number of carbonyl (C=O) groups is 2. The second-order valence-corrected chi connectivity index (χ2v) is 3.55. The summed E-state index contributed by atoms with van der Waals surface area (Å²) in [6, 6.07) is 6.81. The van der Waals surface area contributed by atoms with Crippen LogP contribution in [0.15, 0.2) is 24.3 Å². The number of carboxylic acid groups (broad SMARTS) is 1. The summed E-state index contributed by atoms with van der Waals surface area (Å²) in [6.07, 6.45) is -0.781. The molecule has 1 aromatic rings. The second-order valence-electron chi connectivity index (χ2n) is 3.55. The van der Waals surface area contributed by atoms with Crippen LogP contribution < -0.4 is 14.8 Å². The van der Waals surface area contributed by atoms with E-state index in [1.807, 2.05) is 0 Å². The number of methoxy groups -OCH3 is 1. The molecule has 98 valence electrons. The third-order valence-corrected chi connectivity index (χ3v) is 2.14. The molecule has 0 aliphatic rings. The number of carbonyl (C=O) groups excluding carboxylic acids is 1. The number of amides is 1. The van der Waals surface area contributed by atoms with Crippen molar-refractivity contribution in [3.05, 3.63) is 24.3 Å². The van der Waals surface area contributed by atoms with Gasteiger partial charge < -0.3 is 19.9 Å². The zero-order valence-electron chi connectivity index (χ0n) is 10.2. The fraction of sp³-hybridized carbons (Fsp3) is 0.333. The summed E-state index contributed by atoms with van der Waals surface area (Å²) < 4.78 is 10.4. The second kappa shape index (κ2) is 6.48. The maximum atomic E-state index is 11.5. The van der Waals surface area contributed by atoms with E-state index in [-0.39, 0.29) is 0 Å². The highest BCUT2D eigenvalue weighted by Gasteiger charge is 2.15. The van der Waals surface area contributed by atoms with Crippen LogP contribution in [0.2, 0.25) is 0 Å². The zero-order valence-corrected chi connectivity index (χ0v) is 10.2. The van der Waals surface area contributed by atoms with Crippen LogP contribution in [0.5, 0.6) is 11.5 Å². The minimum Gasteiger partial charge on any atom is -0.497 e.